The highest BCUT2D eigenvalue weighted by Crippen LogP contribution is 2.35. The number of nitrogens with zero attached hydrogens (tertiary/aromatic N) is 5. The molecule has 0 unspecified atom stereocenters. The lowest BCUT2D eigenvalue weighted by atomic mass is 10.1. The Kier molecular flexibility index (Phi) is 6.65. The molecule has 1 fully saturated rings. The number of carbonyl (C=O) groups is 1. The van der Waals surface area contributed by atoms with Crippen LogP contribution < -0.4 is 9.80 Å². The minimum Gasteiger partial charge on any atom is -0.366 e. The Morgan fingerprint density at radius 1 is 1.11 bits per heavy atom. The van der Waals surface area contributed by atoms with E-state index in [1.165, 1.54) is 17.4 Å². The van der Waals surface area contributed by atoms with E-state index in [0.717, 1.165) is 53.7 Å². The van der Waals surface area contributed by atoms with Gasteiger partial charge in [-0.1, -0.05) is 23.5 Å². The third-order valence-electron chi connectivity index (χ3n) is 6.45. The molecule has 5 rings (SSSR count). The van der Waals surface area contributed by atoms with Gasteiger partial charge in [0, 0.05) is 30.9 Å². The second kappa shape index (κ2) is 10.0. The van der Waals surface area contributed by atoms with Crippen molar-refractivity contribution < 1.29 is 9.72 Å². The second-order valence-electron chi connectivity index (χ2n) is 9.15. The zero-order chi connectivity index (χ0) is 25.2. The van der Waals surface area contributed by atoms with Crippen molar-refractivity contribution in [2.24, 2.45) is 0 Å². The van der Waals surface area contributed by atoms with Crippen LogP contribution in [0.25, 0.3) is 10.2 Å². The van der Waals surface area contributed by atoms with E-state index in [4.69, 9.17) is 4.98 Å². The number of rotatable bonds is 6. The summed E-state index contributed by atoms with van der Waals surface area (Å²) in [6.45, 7) is 5.82. The van der Waals surface area contributed by atoms with Crippen LogP contribution in [0, 0.1) is 24.0 Å². The van der Waals surface area contributed by atoms with Gasteiger partial charge in [0.1, 0.15) is 5.69 Å². The molecular formula is C27H27N5O3S. The van der Waals surface area contributed by atoms with E-state index in [1.54, 1.807) is 23.2 Å². The molecule has 3 heterocycles. The van der Waals surface area contributed by atoms with E-state index in [2.05, 4.69) is 11.1 Å². The van der Waals surface area contributed by atoms with Gasteiger partial charge in [0.15, 0.2) is 5.13 Å². The van der Waals surface area contributed by atoms with Gasteiger partial charge in [0.05, 0.1) is 27.4 Å². The predicted octanol–water partition coefficient (Wildman–Crippen LogP) is 6.05. The highest BCUT2D eigenvalue weighted by Gasteiger charge is 2.27. The van der Waals surface area contributed by atoms with Crippen LogP contribution in [0.5, 0.6) is 0 Å². The molecule has 1 amide bonds. The highest BCUT2D eigenvalue weighted by atomic mass is 32.1. The van der Waals surface area contributed by atoms with Gasteiger partial charge >= 0.3 is 0 Å². The minimum atomic E-state index is -0.395. The number of anilines is 2. The largest absolute Gasteiger partial charge is 0.366 e. The van der Waals surface area contributed by atoms with Gasteiger partial charge in [-0.25, -0.2) is 4.98 Å². The quantitative estimate of drug-likeness (QED) is 0.236. The van der Waals surface area contributed by atoms with Crippen molar-refractivity contribution in [1.29, 1.82) is 0 Å². The van der Waals surface area contributed by atoms with Crippen LogP contribution in [-0.4, -0.2) is 33.9 Å². The van der Waals surface area contributed by atoms with Crippen LogP contribution in [0.4, 0.5) is 16.5 Å². The first kappa shape index (κ1) is 23.9. The molecule has 36 heavy (non-hydrogen) atoms. The van der Waals surface area contributed by atoms with Gasteiger partial charge in [0.25, 0.3) is 11.6 Å². The van der Waals surface area contributed by atoms with E-state index in [1.807, 2.05) is 43.0 Å². The molecule has 4 aromatic rings. The van der Waals surface area contributed by atoms with Crippen molar-refractivity contribution in [1.82, 2.24) is 9.97 Å². The number of thiazole rings is 1. The number of fused-ring (bicyclic) bond motifs is 1. The van der Waals surface area contributed by atoms with Crippen molar-refractivity contribution in [2.45, 2.75) is 39.7 Å². The van der Waals surface area contributed by atoms with E-state index in [0.29, 0.717) is 16.5 Å². The maximum Gasteiger partial charge on any atom is 0.293 e. The molecule has 0 saturated carbocycles. The summed E-state index contributed by atoms with van der Waals surface area (Å²) in [7, 11) is 0. The first-order valence-corrected chi connectivity index (χ1v) is 12.9. The number of benzene rings is 2. The number of hydrogen-bond donors (Lipinski definition) is 0. The summed E-state index contributed by atoms with van der Waals surface area (Å²) in [6, 6.07) is 14.4. The van der Waals surface area contributed by atoms with Crippen molar-refractivity contribution in [3.63, 3.8) is 0 Å². The van der Waals surface area contributed by atoms with E-state index in [-0.39, 0.29) is 23.7 Å². The topological polar surface area (TPSA) is 92.5 Å². The normalized spacial score (nSPS) is 13.7. The molecule has 0 aliphatic carbocycles. The van der Waals surface area contributed by atoms with Crippen LogP contribution in [0.2, 0.25) is 0 Å². The fourth-order valence-electron chi connectivity index (χ4n) is 4.72. The van der Waals surface area contributed by atoms with Gasteiger partial charge < -0.3 is 4.90 Å². The maximum absolute atomic E-state index is 13.9. The first-order valence-electron chi connectivity index (χ1n) is 12.0. The zero-order valence-electron chi connectivity index (χ0n) is 20.3. The predicted molar refractivity (Wildman–Crippen MR) is 143 cm³/mol. The lowest BCUT2D eigenvalue weighted by Crippen LogP contribution is -2.32. The Morgan fingerprint density at radius 2 is 1.92 bits per heavy atom. The highest BCUT2D eigenvalue weighted by molar-refractivity contribution is 7.22. The number of nitro groups is 1. The SMILES string of the molecule is Cc1cc(C)c2sc(N(Cc3ccccn3)C(=O)c3ccc(N4CCCCC4)c([N+](=O)[O-])c3)nc2c1. The Balaban J connectivity index is 1.56. The number of aryl methyl sites for hydroxylation is 2. The average molecular weight is 502 g/mol. The molecule has 0 N–H and O–H groups in total. The van der Waals surface area contributed by atoms with Crippen LogP contribution in [0.1, 0.15) is 46.4 Å². The Morgan fingerprint density at radius 3 is 2.64 bits per heavy atom. The molecule has 2 aromatic heterocycles. The molecule has 8 nitrogen and oxygen atoms in total. The molecule has 1 aliphatic heterocycles. The number of hydrogen-bond acceptors (Lipinski definition) is 7. The fraction of sp³-hybridized carbons (Fsp3) is 0.296. The number of carbonyl (C=O) groups excluding carboxylic acids is 1. The minimum absolute atomic E-state index is 0.0451. The fourth-order valence-corrected chi connectivity index (χ4v) is 5.73. The van der Waals surface area contributed by atoms with Gasteiger partial charge in [-0.2, -0.15) is 0 Å². The van der Waals surface area contributed by atoms with Crippen LogP contribution in [-0.2, 0) is 6.54 Å². The molecule has 184 valence electrons. The standard InChI is InChI=1S/C27H27N5O3S/c1-18-14-19(2)25-22(15-18)29-27(36-25)31(17-21-8-4-5-11-28-21)26(33)20-9-10-23(24(16-20)32(34)35)30-12-6-3-7-13-30/h4-5,8-11,14-16H,3,6-7,12-13,17H2,1-2H3. The van der Waals surface area contributed by atoms with E-state index < -0.39 is 4.92 Å². The maximum atomic E-state index is 13.9. The number of amides is 1. The lowest BCUT2D eigenvalue weighted by Gasteiger charge is -2.28. The van der Waals surface area contributed by atoms with Crippen molar-refractivity contribution in [3.05, 3.63) is 87.2 Å². The summed E-state index contributed by atoms with van der Waals surface area (Å²) in [4.78, 5) is 38.3. The first-order chi connectivity index (χ1) is 17.4. The summed E-state index contributed by atoms with van der Waals surface area (Å²) < 4.78 is 1.01. The molecule has 0 bridgehead atoms. The van der Waals surface area contributed by atoms with Crippen LogP contribution in [0.3, 0.4) is 0 Å². The van der Waals surface area contributed by atoms with E-state index >= 15 is 0 Å². The van der Waals surface area contributed by atoms with Gasteiger partial charge in [0.2, 0.25) is 0 Å². The summed E-state index contributed by atoms with van der Waals surface area (Å²) in [5.74, 6) is -0.345. The van der Waals surface area contributed by atoms with Gasteiger partial charge in [-0.05, 0) is 74.6 Å². The van der Waals surface area contributed by atoms with Crippen molar-refractivity contribution in [3.8, 4) is 0 Å². The third-order valence-corrected chi connectivity index (χ3v) is 7.68. The molecule has 0 spiro atoms. The average Bonchev–Trinajstić information content (AvgIpc) is 3.32. The van der Waals surface area contributed by atoms with Crippen molar-refractivity contribution >= 4 is 44.0 Å². The number of piperidine rings is 1. The molecule has 1 aliphatic rings. The molecular weight excluding hydrogens is 474 g/mol. The monoisotopic (exact) mass is 501 g/mol. The Labute approximate surface area is 213 Å². The lowest BCUT2D eigenvalue weighted by molar-refractivity contribution is -0.384. The smallest absolute Gasteiger partial charge is 0.293 e. The molecule has 0 radical (unpaired) electrons. The zero-order valence-corrected chi connectivity index (χ0v) is 21.1. The van der Waals surface area contributed by atoms with Gasteiger partial charge in [-0.3, -0.25) is 24.8 Å². The second-order valence-corrected chi connectivity index (χ2v) is 10.1. The Bertz CT molecular complexity index is 1430. The summed E-state index contributed by atoms with van der Waals surface area (Å²) in [5.41, 5.74) is 4.51. The molecule has 2 aromatic carbocycles. The van der Waals surface area contributed by atoms with Crippen LogP contribution in [0.15, 0.2) is 54.7 Å². The Hall–Kier alpha value is -3.85. The molecule has 1 saturated heterocycles. The summed E-state index contributed by atoms with van der Waals surface area (Å²) >= 11 is 1.44. The number of pyridine rings is 1. The third kappa shape index (κ3) is 4.79. The van der Waals surface area contributed by atoms with Crippen molar-refractivity contribution in [2.75, 3.05) is 22.9 Å². The van der Waals surface area contributed by atoms with Crippen LogP contribution >= 0.6 is 11.3 Å². The van der Waals surface area contributed by atoms with E-state index in [9.17, 15) is 14.9 Å². The number of aromatic nitrogens is 2. The summed E-state index contributed by atoms with van der Waals surface area (Å²) in [5, 5.41) is 12.5. The summed E-state index contributed by atoms with van der Waals surface area (Å²) in [6.07, 6.45) is 4.82. The molecule has 9 heteroatoms. The van der Waals surface area contributed by atoms with Gasteiger partial charge in [-0.15, -0.1) is 0 Å². The molecule has 0 atom stereocenters. The number of nitro benzene ring substituents is 1.